The highest BCUT2D eigenvalue weighted by atomic mass is 14.2. The Kier molecular flexibility index (Phi) is 2.10. The van der Waals surface area contributed by atoms with Crippen molar-refractivity contribution in [2.75, 3.05) is 0 Å². The normalized spacial score (nSPS) is 25.5. The van der Waals surface area contributed by atoms with Crippen LogP contribution in [0, 0.1) is 5.92 Å². The van der Waals surface area contributed by atoms with Gasteiger partial charge in [-0.2, -0.15) is 0 Å². The van der Waals surface area contributed by atoms with Crippen molar-refractivity contribution in [3.05, 3.63) is 36.5 Å². The van der Waals surface area contributed by atoms with E-state index in [1.807, 2.05) is 0 Å². The van der Waals surface area contributed by atoms with Crippen molar-refractivity contribution in [3.63, 3.8) is 0 Å². The standard InChI is InChI=1S/C10H14/c1-4-10-7-5-6-8(2)9(10)3/h5,7,10H,2-4,6H2,1H3/t10-/m0/s1. The molecule has 0 aromatic rings. The Labute approximate surface area is 62.9 Å². The van der Waals surface area contributed by atoms with E-state index >= 15 is 0 Å². The van der Waals surface area contributed by atoms with Crippen LogP contribution in [0.4, 0.5) is 0 Å². The van der Waals surface area contributed by atoms with Gasteiger partial charge in [-0.15, -0.1) is 0 Å². The second-order valence-electron chi connectivity index (χ2n) is 2.78. The van der Waals surface area contributed by atoms with Crippen molar-refractivity contribution in [1.82, 2.24) is 0 Å². The molecule has 0 fully saturated rings. The summed E-state index contributed by atoms with van der Waals surface area (Å²) in [5, 5.41) is 0. The molecule has 1 aliphatic rings. The van der Waals surface area contributed by atoms with Crippen LogP contribution in [0.15, 0.2) is 36.5 Å². The van der Waals surface area contributed by atoms with Gasteiger partial charge in [0, 0.05) is 5.92 Å². The predicted octanol–water partition coefficient (Wildman–Crippen LogP) is 3.08. The average molecular weight is 134 g/mol. The van der Waals surface area contributed by atoms with Gasteiger partial charge in [-0.25, -0.2) is 0 Å². The van der Waals surface area contributed by atoms with Crippen molar-refractivity contribution in [3.8, 4) is 0 Å². The molecule has 0 aromatic heterocycles. The molecule has 54 valence electrons. The van der Waals surface area contributed by atoms with E-state index in [2.05, 4.69) is 32.2 Å². The third-order valence-electron chi connectivity index (χ3n) is 2.07. The molecular weight excluding hydrogens is 120 g/mol. The Hall–Kier alpha value is -0.780. The van der Waals surface area contributed by atoms with E-state index in [4.69, 9.17) is 0 Å². The minimum absolute atomic E-state index is 0.557. The summed E-state index contributed by atoms with van der Waals surface area (Å²) < 4.78 is 0. The predicted molar refractivity (Wildman–Crippen MR) is 45.8 cm³/mol. The molecule has 0 aromatic carbocycles. The summed E-state index contributed by atoms with van der Waals surface area (Å²) in [6, 6.07) is 0. The molecule has 1 rings (SSSR count). The fraction of sp³-hybridized carbons (Fsp3) is 0.400. The second kappa shape index (κ2) is 2.87. The Balaban J connectivity index is 2.76. The summed E-state index contributed by atoms with van der Waals surface area (Å²) in [5.74, 6) is 0.557. The van der Waals surface area contributed by atoms with Crippen LogP contribution in [0.2, 0.25) is 0 Å². The van der Waals surface area contributed by atoms with E-state index in [0.717, 1.165) is 12.8 Å². The summed E-state index contributed by atoms with van der Waals surface area (Å²) in [5.41, 5.74) is 2.43. The quantitative estimate of drug-likeness (QED) is 0.483. The highest BCUT2D eigenvalue weighted by Gasteiger charge is 2.12. The van der Waals surface area contributed by atoms with E-state index in [9.17, 15) is 0 Å². The third kappa shape index (κ3) is 1.21. The van der Waals surface area contributed by atoms with E-state index in [1.165, 1.54) is 11.1 Å². The van der Waals surface area contributed by atoms with Crippen LogP contribution in [0.1, 0.15) is 19.8 Å². The van der Waals surface area contributed by atoms with Crippen LogP contribution in [-0.2, 0) is 0 Å². The molecule has 10 heavy (non-hydrogen) atoms. The fourth-order valence-corrected chi connectivity index (χ4v) is 1.27. The van der Waals surface area contributed by atoms with Crippen LogP contribution < -0.4 is 0 Å². The SMILES string of the molecule is C=C1CC=C[C@H](CC)C1=C. The summed E-state index contributed by atoms with van der Waals surface area (Å²) in [6.07, 6.45) is 6.56. The maximum absolute atomic E-state index is 4.00. The zero-order chi connectivity index (χ0) is 7.56. The Morgan fingerprint density at radius 3 is 2.80 bits per heavy atom. The van der Waals surface area contributed by atoms with Crippen LogP contribution in [-0.4, -0.2) is 0 Å². The molecule has 0 unspecified atom stereocenters. The maximum atomic E-state index is 4.00. The highest BCUT2D eigenvalue weighted by Crippen LogP contribution is 2.27. The molecule has 0 heteroatoms. The molecule has 0 spiro atoms. The fourth-order valence-electron chi connectivity index (χ4n) is 1.27. The molecule has 0 bridgehead atoms. The first-order valence-corrected chi connectivity index (χ1v) is 3.79. The molecule has 0 N–H and O–H groups in total. The van der Waals surface area contributed by atoms with Crippen molar-refractivity contribution in [2.45, 2.75) is 19.8 Å². The molecular formula is C10H14. The summed E-state index contributed by atoms with van der Waals surface area (Å²) >= 11 is 0. The molecule has 0 radical (unpaired) electrons. The Bertz CT molecular complexity index is 184. The van der Waals surface area contributed by atoms with Crippen molar-refractivity contribution >= 4 is 0 Å². The van der Waals surface area contributed by atoms with Gasteiger partial charge in [-0.05, 0) is 24.0 Å². The van der Waals surface area contributed by atoms with E-state index in [-0.39, 0.29) is 0 Å². The smallest absolute Gasteiger partial charge is 0.00122 e. The average Bonchev–Trinajstić information content (AvgIpc) is 1.95. The first kappa shape index (κ1) is 7.33. The van der Waals surface area contributed by atoms with Gasteiger partial charge in [0.05, 0.1) is 0 Å². The van der Waals surface area contributed by atoms with Crippen LogP contribution in [0.25, 0.3) is 0 Å². The van der Waals surface area contributed by atoms with Crippen LogP contribution >= 0.6 is 0 Å². The van der Waals surface area contributed by atoms with E-state index in [0.29, 0.717) is 5.92 Å². The molecule has 0 saturated heterocycles. The van der Waals surface area contributed by atoms with Crippen molar-refractivity contribution in [1.29, 1.82) is 0 Å². The topological polar surface area (TPSA) is 0 Å². The van der Waals surface area contributed by atoms with Crippen LogP contribution in [0.5, 0.6) is 0 Å². The van der Waals surface area contributed by atoms with Gasteiger partial charge in [0.25, 0.3) is 0 Å². The van der Waals surface area contributed by atoms with Crippen molar-refractivity contribution in [2.24, 2.45) is 5.92 Å². The molecule has 0 aliphatic heterocycles. The number of hydrogen-bond donors (Lipinski definition) is 0. The minimum atomic E-state index is 0.557. The number of hydrogen-bond acceptors (Lipinski definition) is 0. The first-order valence-electron chi connectivity index (χ1n) is 3.79. The highest BCUT2D eigenvalue weighted by molar-refractivity contribution is 5.35. The first-order chi connectivity index (χ1) is 4.75. The monoisotopic (exact) mass is 134 g/mol. The van der Waals surface area contributed by atoms with Gasteiger partial charge in [-0.1, -0.05) is 32.2 Å². The Morgan fingerprint density at radius 2 is 2.30 bits per heavy atom. The summed E-state index contributed by atoms with van der Waals surface area (Å²) in [4.78, 5) is 0. The molecule has 1 aliphatic carbocycles. The summed E-state index contributed by atoms with van der Waals surface area (Å²) in [6.45, 7) is 10.1. The van der Waals surface area contributed by atoms with E-state index < -0.39 is 0 Å². The number of allylic oxidation sites excluding steroid dienone is 4. The van der Waals surface area contributed by atoms with Gasteiger partial charge in [0.1, 0.15) is 0 Å². The molecule has 0 saturated carbocycles. The minimum Gasteiger partial charge on any atom is -0.0952 e. The van der Waals surface area contributed by atoms with E-state index in [1.54, 1.807) is 0 Å². The van der Waals surface area contributed by atoms with Crippen molar-refractivity contribution < 1.29 is 0 Å². The van der Waals surface area contributed by atoms with Gasteiger partial charge < -0.3 is 0 Å². The lowest BCUT2D eigenvalue weighted by Gasteiger charge is -2.19. The van der Waals surface area contributed by atoms with Crippen LogP contribution in [0.3, 0.4) is 0 Å². The number of rotatable bonds is 1. The van der Waals surface area contributed by atoms with Gasteiger partial charge in [0.15, 0.2) is 0 Å². The summed E-state index contributed by atoms with van der Waals surface area (Å²) in [7, 11) is 0. The lowest BCUT2D eigenvalue weighted by molar-refractivity contribution is 0.716. The largest absolute Gasteiger partial charge is 0.0952 e. The maximum Gasteiger partial charge on any atom is 0.00122 e. The lowest BCUT2D eigenvalue weighted by atomic mass is 9.86. The zero-order valence-electron chi connectivity index (χ0n) is 6.56. The lowest BCUT2D eigenvalue weighted by Crippen LogP contribution is -2.04. The Morgan fingerprint density at radius 1 is 1.60 bits per heavy atom. The van der Waals surface area contributed by atoms with Gasteiger partial charge in [-0.3, -0.25) is 0 Å². The molecule has 0 heterocycles. The van der Waals surface area contributed by atoms with Gasteiger partial charge >= 0.3 is 0 Å². The molecule has 1 atom stereocenters. The molecule has 0 amide bonds. The molecule has 0 nitrogen and oxygen atoms in total. The third-order valence-corrected chi connectivity index (χ3v) is 2.07. The second-order valence-corrected chi connectivity index (χ2v) is 2.78. The van der Waals surface area contributed by atoms with Gasteiger partial charge in [0.2, 0.25) is 0 Å². The zero-order valence-corrected chi connectivity index (χ0v) is 6.56.